The molecule has 4 aromatic rings. The topological polar surface area (TPSA) is 26.0 Å². The van der Waals surface area contributed by atoms with Gasteiger partial charge in [-0.1, -0.05) is 23.7 Å². The Morgan fingerprint density at radius 1 is 0.880 bits per heavy atom. The van der Waals surface area contributed by atoms with Gasteiger partial charge in [0.1, 0.15) is 5.76 Å². The molecule has 3 heterocycles. The Hall–Kier alpha value is -2.07. The van der Waals surface area contributed by atoms with Crippen molar-refractivity contribution >= 4 is 34.5 Å². The zero-order valence-corrected chi connectivity index (χ0v) is 15.6. The third-order valence-corrected chi connectivity index (χ3v) is 5.41. The van der Waals surface area contributed by atoms with Gasteiger partial charge < -0.3 is 4.42 Å². The van der Waals surface area contributed by atoms with Crippen LogP contribution in [0.25, 0.3) is 33.2 Å². The van der Waals surface area contributed by atoms with Crippen LogP contribution < -0.4 is 0 Å². The number of benzene rings is 1. The third-order valence-electron chi connectivity index (χ3n) is 3.92. The van der Waals surface area contributed by atoms with Crippen LogP contribution in [0.3, 0.4) is 0 Å². The van der Waals surface area contributed by atoms with E-state index >= 15 is 0 Å². The van der Waals surface area contributed by atoms with Crippen LogP contribution in [0.4, 0.5) is 0 Å². The number of furan rings is 1. The van der Waals surface area contributed by atoms with Gasteiger partial charge in [0, 0.05) is 16.1 Å². The average molecular weight is 386 g/mol. The van der Waals surface area contributed by atoms with Crippen LogP contribution >= 0.6 is 34.5 Å². The van der Waals surface area contributed by atoms with Gasteiger partial charge in [0.05, 0.1) is 16.3 Å². The molecule has 0 unspecified atom stereocenters. The van der Waals surface area contributed by atoms with Crippen LogP contribution in [0.5, 0.6) is 0 Å². The molecule has 0 spiro atoms. The van der Waals surface area contributed by atoms with Gasteiger partial charge in [-0.2, -0.15) is 0 Å². The smallest absolute Gasteiger partial charge is 0.193 e. The maximum absolute atomic E-state index is 6.01. The van der Waals surface area contributed by atoms with Crippen molar-refractivity contribution in [1.29, 1.82) is 0 Å². The molecule has 3 aromatic heterocycles. The first-order chi connectivity index (χ1) is 12.1. The molecule has 0 aliphatic carbocycles. The first-order valence-corrected chi connectivity index (χ1v) is 9.32. The third kappa shape index (κ3) is 3.36. The van der Waals surface area contributed by atoms with Crippen LogP contribution in [0.1, 0.15) is 5.56 Å². The van der Waals surface area contributed by atoms with E-state index < -0.39 is 0 Å². The summed E-state index contributed by atoms with van der Waals surface area (Å²) in [4.78, 5) is 6.01. The van der Waals surface area contributed by atoms with Crippen molar-refractivity contribution in [2.45, 2.75) is 6.92 Å². The second kappa shape index (κ2) is 6.68. The molecule has 5 heteroatoms. The number of thiophene rings is 1. The fourth-order valence-corrected chi connectivity index (χ4v) is 3.82. The lowest BCUT2D eigenvalue weighted by molar-refractivity contribution is 0.584. The molecule has 0 amide bonds. The van der Waals surface area contributed by atoms with Crippen molar-refractivity contribution in [3.05, 3.63) is 75.8 Å². The summed E-state index contributed by atoms with van der Waals surface area (Å²) in [7, 11) is 0. The number of pyridine rings is 1. The van der Waals surface area contributed by atoms with Crippen molar-refractivity contribution in [1.82, 2.24) is 4.98 Å². The van der Waals surface area contributed by atoms with Crippen molar-refractivity contribution in [3.8, 4) is 33.2 Å². The van der Waals surface area contributed by atoms with E-state index in [1.807, 2.05) is 42.5 Å². The minimum Gasteiger partial charge on any atom is -0.445 e. The zero-order valence-electron chi connectivity index (χ0n) is 13.3. The molecule has 0 saturated heterocycles. The van der Waals surface area contributed by atoms with E-state index in [-0.39, 0.29) is 0 Å². The SMILES string of the molecule is Cc1ccsc1-c1cc(-c2ccc(Cl)o2)cc(-c2ccc(Cl)cc2)n1. The van der Waals surface area contributed by atoms with Gasteiger partial charge in [0.15, 0.2) is 5.22 Å². The summed E-state index contributed by atoms with van der Waals surface area (Å²) < 4.78 is 5.60. The molecule has 0 saturated carbocycles. The van der Waals surface area contributed by atoms with Gasteiger partial charge in [0.2, 0.25) is 0 Å². The van der Waals surface area contributed by atoms with E-state index in [0.29, 0.717) is 10.2 Å². The van der Waals surface area contributed by atoms with Crippen molar-refractivity contribution in [2.75, 3.05) is 0 Å². The molecule has 124 valence electrons. The lowest BCUT2D eigenvalue weighted by Crippen LogP contribution is -1.90. The van der Waals surface area contributed by atoms with Gasteiger partial charge >= 0.3 is 0 Å². The Balaban J connectivity index is 1.91. The van der Waals surface area contributed by atoms with Gasteiger partial charge in [-0.25, -0.2) is 4.98 Å². The molecule has 0 aliphatic heterocycles. The number of rotatable bonds is 3. The molecular weight excluding hydrogens is 373 g/mol. The van der Waals surface area contributed by atoms with Crippen LogP contribution in [0.15, 0.2) is 64.4 Å². The molecule has 0 fully saturated rings. The largest absolute Gasteiger partial charge is 0.445 e. The van der Waals surface area contributed by atoms with Gasteiger partial charge in [-0.05, 0) is 71.9 Å². The lowest BCUT2D eigenvalue weighted by Gasteiger charge is -2.08. The predicted octanol–water partition coefficient (Wildman–Crippen LogP) is 7.35. The summed E-state index contributed by atoms with van der Waals surface area (Å²) in [6.45, 7) is 2.09. The quantitative estimate of drug-likeness (QED) is 0.368. The highest BCUT2D eigenvalue weighted by Gasteiger charge is 2.13. The average Bonchev–Trinajstić information content (AvgIpc) is 3.23. The van der Waals surface area contributed by atoms with Crippen molar-refractivity contribution in [3.63, 3.8) is 0 Å². The molecule has 0 radical (unpaired) electrons. The summed E-state index contributed by atoms with van der Waals surface area (Å²) in [5, 5.41) is 3.14. The highest BCUT2D eigenvalue weighted by atomic mass is 35.5. The fraction of sp³-hybridized carbons (Fsp3) is 0.0500. The Kier molecular flexibility index (Phi) is 4.38. The van der Waals surface area contributed by atoms with Crippen molar-refractivity contribution in [2.24, 2.45) is 0 Å². The van der Waals surface area contributed by atoms with Crippen LogP contribution in [-0.4, -0.2) is 4.98 Å². The summed E-state index contributed by atoms with van der Waals surface area (Å²) in [5.41, 5.74) is 4.93. The standard InChI is InChI=1S/C20H13Cl2NOS/c1-12-8-9-25-20(12)17-11-14(18-6-7-19(22)24-18)10-16(23-17)13-2-4-15(21)5-3-13/h2-11H,1H3. The molecule has 0 bridgehead atoms. The number of halogens is 2. The monoisotopic (exact) mass is 385 g/mol. The van der Waals surface area contributed by atoms with Crippen molar-refractivity contribution < 1.29 is 4.42 Å². The van der Waals surface area contributed by atoms with E-state index in [4.69, 9.17) is 32.6 Å². The highest BCUT2D eigenvalue weighted by Crippen LogP contribution is 2.35. The molecule has 2 nitrogen and oxygen atoms in total. The number of aryl methyl sites for hydroxylation is 1. The second-order valence-corrected chi connectivity index (χ2v) is 7.39. The predicted molar refractivity (Wildman–Crippen MR) is 105 cm³/mol. The first-order valence-electron chi connectivity index (χ1n) is 7.68. The Morgan fingerprint density at radius 3 is 2.28 bits per heavy atom. The van der Waals surface area contributed by atoms with Crippen LogP contribution in [0.2, 0.25) is 10.2 Å². The number of aromatic nitrogens is 1. The van der Waals surface area contributed by atoms with E-state index in [0.717, 1.165) is 33.2 Å². The number of hydrogen-bond donors (Lipinski definition) is 0. The van der Waals surface area contributed by atoms with E-state index in [2.05, 4.69) is 18.4 Å². The lowest BCUT2D eigenvalue weighted by atomic mass is 10.1. The maximum Gasteiger partial charge on any atom is 0.193 e. The Labute approximate surface area is 159 Å². The normalized spacial score (nSPS) is 11.0. The Bertz CT molecular complexity index is 1030. The molecule has 0 N–H and O–H groups in total. The van der Waals surface area contributed by atoms with E-state index in [1.165, 1.54) is 5.56 Å². The summed E-state index contributed by atoms with van der Waals surface area (Å²) in [5.74, 6) is 0.720. The highest BCUT2D eigenvalue weighted by molar-refractivity contribution is 7.13. The molecular formula is C20H13Cl2NOS. The minimum absolute atomic E-state index is 0.369. The zero-order chi connectivity index (χ0) is 17.4. The Morgan fingerprint density at radius 2 is 1.64 bits per heavy atom. The van der Waals surface area contributed by atoms with Gasteiger partial charge in [-0.15, -0.1) is 11.3 Å². The molecule has 25 heavy (non-hydrogen) atoms. The second-order valence-electron chi connectivity index (χ2n) is 5.67. The van der Waals surface area contributed by atoms with Gasteiger partial charge in [0.25, 0.3) is 0 Å². The summed E-state index contributed by atoms with van der Waals surface area (Å²) in [6, 6.07) is 17.4. The molecule has 4 rings (SSSR count). The molecule has 1 aromatic carbocycles. The summed E-state index contributed by atoms with van der Waals surface area (Å²) in [6.07, 6.45) is 0. The number of nitrogens with zero attached hydrogens (tertiary/aromatic N) is 1. The molecule has 0 aliphatic rings. The maximum atomic E-state index is 6.01. The van der Waals surface area contributed by atoms with E-state index in [1.54, 1.807) is 17.4 Å². The minimum atomic E-state index is 0.369. The van der Waals surface area contributed by atoms with E-state index in [9.17, 15) is 0 Å². The molecule has 0 atom stereocenters. The first kappa shape index (κ1) is 16.4. The van der Waals surface area contributed by atoms with Crippen LogP contribution in [0, 0.1) is 6.92 Å². The summed E-state index contributed by atoms with van der Waals surface area (Å²) >= 11 is 13.6. The fourth-order valence-electron chi connectivity index (χ4n) is 2.66. The number of hydrogen-bond acceptors (Lipinski definition) is 3. The van der Waals surface area contributed by atoms with Crippen LogP contribution in [-0.2, 0) is 0 Å². The van der Waals surface area contributed by atoms with Gasteiger partial charge in [-0.3, -0.25) is 0 Å².